The summed E-state index contributed by atoms with van der Waals surface area (Å²) in [7, 11) is -3.22. The molecule has 0 radical (unpaired) electrons. The number of amides is 1. The summed E-state index contributed by atoms with van der Waals surface area (Å²) in [6, 6.07) is 6.66. The Labute approximate surface area is 175 Å². The number of aromatic nitrogens is 3. The molecule has 1 aromatic carbocycles. The summed E-state index contributed by atoms with van der Waals surface area (Å²) >= 11 is 0. The molecule has 0 fully saturated rings. The first-order valence-electron chi connectivity index (χ1n) is 9.93. The van der Waals surface area contributed by atoms with E-state index in [0.29, 0.717) is 23.8 Å². The van der Waals surface area contributed by atoms with E-state index in [1.807, 2.05) is 0 Å². The second-order valence-electron chi connectivity index (χ2n) is 7.75. The van der Waals surface area contributed by atoms with Crippen LogP contribution in [0.15, 0.2) is 46.1 Å². The number of rotatable bonds is 6. The molecule has 0 bridgehead atoms. The van der Waals surface area contributed by atoms with Gasteiger partial charge in [0.05, 0.1) is 23.3 Å². The minimum atomic E-state index is -3.22. The Hall–Kier alpha value is -2.94. The van der Waals surface area contributed by atoms with Gasteiger partial charge < -0.3 is 9.84 Å². The van der Waals surface area contributed by atoms with Crippen LogP contribution in [0.25, 0.3) is 0 Å². The molecule has 3 aromatic rings. The SMILES string of the molecule is CCC1CCc2onc(C(=O)Nc3cnn(Cc4ccc(S(C)(=O)=O)cc4)c3)c2C1. The van der Waals surface area contributed by atoms with Crippen molar-refractivity contribution in [1.82, 2.24) is 14.9 Å². The van der Waals surface area contributed by atoms with Crippen molar-refractivity contribution in [2.24, 2.45) is 5.92 Å². The summed E-state index contributed by atoms with van der Waals surface area (Å²) < 4.78 is 30.2. The highest BCUT2D eigenvalue weighted by Crippen LogP contribution is 2.30. The molecule has 9 heteroatoms. The van der Waals surface area contributed by atoms with Crippen molar-refractivity contribution in [3.05, 3.63) is 59.2 Å². The van der Waals surface area contributed by atoms with Gasteiger partial charge in [-0.2, -0.15) is 5.10 Å². The Kier molecular flexibility index (Phi) is 5.46. The largest absolute Gasteiger partial charge is 0.360 e. The fraction of sp³-hybridized carbons (Fsp3) is 0.381. The molecule has 4 rings (SSSR count). The van der Waals surface area contributed by atoms with Gasteiger partial charge in [-0.1, -0.05) is 30.6 Å². The highest BCUT2D eigenvalue weighted by atomic mass is 32.2. The summed E-state index contributed by atoms with van der Waals surface area (Å²) in [5.41, 5.74) is 2.74. The lowest BCUT2D eigenvalue weighted by molar-refractivity contribution is 0.101. The van der Waals surface area contributed by atoms with Crippen molar-refractivity contribution in [3.8, 4) is 0 Å². The van der Waals surface area contributed by atoms with E-state index < -0.39 is 9.84 Å². The summed E-state index contributed by atoms with van der Waals surface area (Å²) in [5, 5.41) is 11.1. The summed E-state index contributed by atoms with van der Waals surface area (Å²) in [6.45, 7) is 2.61. The summed E-state index contributed by atoms with van der Waals surface area (Å²) in [5.74, 6) is 1.08. The van der Waals surface area contributed by atoms with E-state index in [0.717, 1.165) is 42.6 Å². The fourth-order valence-electron chi connectivity index (χ4n) is 3.74. The number of carbonyl (C=O) groups is 1. The average molecular weight is 429 g/mol. The molecular weight excluding hydrogens is 404 g/mol. The van der Waals surface area contributed by atoms with Crippen molar-refractivity contribution >= 4 is 21.4 Å². The number of sulfone groups is 1. The number of hydrogen-bond acceptors (Lipinski definition) is 6. The molecule has 1 unspecified atom stereocenters. The number of carbonyl (C=O) groups excluding carboxylic acids is 1. The molecule has 8 nitrogen and oxygen atoms in total. The number of nitrogens with one attached hydrogen (secondary N) is 1. The lowest BCUT2D eigenvalue weighted by Crippen LogP contribution is -2.18. The van der Waals surface area contributed by atoms with Gasteiger partial charge in [-0.3, -0.25) is 9.48 Å². The van der Waals surface area contributed by atoms with Crippen LogP contribution in [-0.4, -0.2) is 35.5 Å². The van der Waals surface area contributed by atoms with E-state index in [9.17, 15) is 13.2 Å². The molecule has 1 amide bonds. The second-order valence-corrected chi connectivity index (χ2v) is 9.76. The van der Waals surface area contributed by atoms with Crippen molar-refractivity contribution in [2.45, 2.75) is 44.0 Å². The predicted octanol–water partition coefficient (Wildman–Crippen LogP) is 3.09. The van der Waals surface area contributed by atoms with Crippen LogP contribution in [0.2, 0.25) is 0 Å². The van der Waals surface area contributed by atoms with Crippen LogP contribution in [0.5, 0.6) is 0 Å². The Morgan fingerprint density at radius 2 is 2.07 bits per heavy atom. The Morgan fingerprint density at radius 1 is 1.30 bits per heavy atom. The topological polar surface area (TPSA) is 107 Å². The van der Waals surface area contributed by atoms with E-state index in [-0.39, 0.29) is 10.8 Å². The molecule has 1 N–H and O–H groups in total. The molecule has 1 atom stereocenters. The number of nitrogens with zero attached hydrogens (tertiary/aromatic N) is 3. The van der Waals surface area contributed by atoms with Crippen molar-refractivity contribution in [2.75, 3.05) is 11.6 Å². The molecule has 0 saturated heterocycles. The third kappa shape index (κ3) is 4.30. The van der Waals surface area contributed by atoms with Crippen LogP contribution in [-0.2, 0) is 29.2 Å². The zero-order chi connectivity index (χ0) is 21.3. The maximum Gasteiger partial charge on any atom is 0.278 e. The second kappa shape index (κ2) is 8.06. The van der Waals surface area contributed by atoms with Gasteiger partial charge in [-0.05, 0) is 36.5 Å². The third-order valence-corrected chi connectivity index (χ3v) is 6.65. The number of anilines is 1. The molecule has 158 valence electrons. The van der Waals surface area contributed by atoms with Crippen LogP contribution in [0, 0.1) is 5.92 Å². The number of hydrogen-bond donors (Lipinski definition) is 1. The Morgan fingerprint density at radius 3 is 2.77 bits per heavy atom. The smallest absolute Gasteiger partial charge is 0.278 e. The van der Waals surface area contributed by atoms with Crippen LogP contribution in [0.3, 0.4) is 0 Å². The van der Waals surface area contributed by atoms with Crippen LogP contribution in [0.1, 0.15) is 47.1 Å². The fourth-order valence-corrected chi connectivity index (χ4v) is 4.37. The van der Waals surface area contributed by atoms with E-state index >= 15 is 0 Å². The maximum absolute atomic E-state index is 12.7. The van der Waals surface area contributed by atoms with Crippen LogP contribution >= 0.6 is 0 Å². The molecular formula is C21H24N4O4S. The first-order valence-corrected chi connectivity index (χ1v) is 11.8. The predicted molar refractivity (Wildman–Crippen MR) is 111 cm³/mol. The zero-order valence-corrected chi connectivity index (χ0v) is 17.8. The summed E-state index contributed by atoms with van der Waals surface area (Å²) in [6.07, 6.45) is 8.26. The molecule has 2 aromatic heterocycles. The lowest BCUT2D eigenvalue weighted by atomic mass is 9.85. The molecule has 0 aliphatic heterocycles. The molecule has 2 heterocycles. The van der Waals surface area contributed by atoms with E-state index in [1.165, 1.54) is 6.26 Å². The van der Waals surface area contributed by atoms with Gasteiger partial charge in [0.2, 0.25) is 0 Å². The van der Waals surface area contributed by atoms with E-state index in [4.69, 9.17) is 4.52 Å². The first-order chi connectivity index (χ1) is 14.3. The van der Waals surface area contributed by atoms with Gasteiger partial charge >= 0.3 is 0 Å². The molecule has 0 saturated carbocycles. The number of benzene rings is 1. The monoisotopic (exact) mass is 428 g/mol. The normalized spacial score (nSPS) is 16.3. The standard InChI is InChI=1S/C21H24N4O4S/c1-3-14-6-9-19-18(10-14)20(24-29-19)21(26)23-16-11-22-25(13-16)12-15-4-7-17(8-5-15)30(2,27)28/h4-5,7-8,11,13-14H,3,6,9-10,12H2,1-2H3,(H,23,26). The molecule has 0 spiro atoms. The van der Waals surface area contributed by atoms with E-state index in [1.54, 1.807) is 41.3 Å². The van der Waals surface area contributed by atoms with Crippen molar-refractivity contribution in [3.63, 3.8) is 0 Å². The van der Waals surface area contributed by atoms with Crippen molar-refractivity contribution < 1.29 is 17.7 Å². The molecule has 1 aliphatic rings. The van der Waals surface area contributed by atoms with E-state index in [2.05, 4.69) is 22.5 Å². The van der Waals surface area contributed by atoms with Gasteiger partial charge in [0.25, 0.3) is 5.91 Å². The number of fused-ring (bicyclic) bond motifs is 1. The van der Waals surface area contributed by atoms with Gasteiger partial charge in [0, 0.05) is 24.4 Å². The molecule has 30 heavy (non-hydrogen) atoms. The number of aryl methyl sites for hydroxylation is 1. The highest BCUT2D eigenvalue weighted by molar-refractivity contribution is 7.90. The van der Waals surface area contributed by atoms with Gasteiger partial charge in [0.1, 0.15) is 5.76 Å². The first kappa shape index (κ1) is 20.3. The maximum atomic E-state index is 12.7. The molecule has 1 aliphatic carbocycles. The van der Waals surface area contributed by atoms with Gasteiger partial charge in [-0.15, -0.1) is 0 Å². The quantitative estimate of drug-likeness (QED) is 0.646. The van der Waals surface area contributed by atoms with Crippen molar-refractivity contribution in [1.29, 1.82) is 0 Å². The van der Waals surface area contributed by atoms with Crippen LogP contribution < -0.4 is 5.32 Å². The third-order valence-electron chi connectivity index (χ3n) is 5.52. The van der Waals surface area contributed by atoms with Gasteiger partial charge in [-0.25, -0.2) is 8.42 Å². The van der Waals surface area contributed by atoms with Crippen LogP contribution in [0.4, 0.5) is 5.69 Å². The Balaban J connectivity index is 1.43. The van der Waals surface area contributed by atoms with Gasteiger partial charge in [0.15, 0.2) is 15.5 Å². The Bertz CT molecular complexity index is 1160. The highest BCUT2D eigenvalue weighted by Gasteiger charge is 2.28. The lowest BCUT2D eigenvalue weighted by Gasteiger charge is -2.19. The zero-order valence-electron chi connectivity index (χ0n) is 17.0. The minimum absolute atomic E-state index is 0.279. The summed E-state index contributed by atoms with van der Waals surface area (Å²) in [4.78, 5) is 13.0. The minimum Gasteiger partial charge on any atom is -0.360 e. The average Bonchev–Trinajstić information content (AvgIpc) is 3.33.